The molecule has 9 heteroatoms. The van der Waals surface area contributed by atoms with Crippen LogP contribution in [0.1, 0.15) is 25.3 Å². The Balaban J connectivity index is 2.97. The highest BCUT2D eigenvalue weighted by molar-refractivity contribution is 5.88. The van der Waals surface area contributed by atoms with Gasteiger partial charge < -0.3 is 26.8 Å². The first-order valence-electron chi connectivity index (χ1n) is 7.84. The molecule has 1 aromatic heterocycles. The number of hydrogen-bond donors (Lipinski definition) is 6. The van der Waals surface area contributed by atoms with E-state index in [-0.39, 0.29) is 12.4 Å². The summed E-state index contributed by atoms with van der Waals surface area (Å²) in [6.07, 6.45) is 3.26. The fourth-order valence-corrected chi connectivity index (χ4v) is 2.57. The normalized spacial score (nSPS) is 14.0. The van der Waals surface area contributed by atoms with E-state index in [9.17, 15) is 9.90 Å². The van der Waals surface area contributed by atoms with Gasteiger partial charge in [0.2, 0.25) is 0 Å². The molecule has 2 atom stereocenters. The summed E-state index contributed by atoms with van der Waals surface area (Å²) in [6.45, 7) is 2.35. The predicted molar refractivity (Wildman–Crippen MR) is 92.0 cm³/mol. The number of amidine groups is 1. The zero-order valence-electron chi connectivity index (χ0n) is 13.8. The fraction of sp³-hybridized carbons (Fsp3) is 0.533. The number of anilines is 1. The molecule has 24 heavy (non-hydrogen) atoms. The topological polar surface area (TPSA) is 159 Å². The Morgan fingerprint density at radius 3 is 2.62 bits per heavy atom. The molecule has 0 aliphatic heterocycles. The highest BCUT2D eigenvalue weighted by atomic mass is 16.4. The number of nitrogens with one attached hydrogen (secondary N) is 2. The number of nitrogens with two attached hydrogens (primary N) is 2. The average molecular weight is 338 g/mol. The minimum Gasteiger partial charge on any atom is -0.481 e. The van der Waals surface area contributed by atoms with E-state index in [0.717, 1.165) is 12.0 Å². The first-order chi connectivity index (χ1) is 11.6. The van der Waals surface area contributed by atoms with Crippen molar-refractivity contribution >= 4 is 17.6 Å². The minimum absolute atomic E-state index is 0.0152. The summed E-state index contributed by atoms with van der Waals surface area (Å²) in [5.41, 5.74) is 3.25. The van der Waals surface area contributed by atoms with Crippen molar-refractivity contribution in [1.82, 2.24) is 10.4 Å². The quantitative estimate of drug-likeness (QED) is 0.149. The lowest BCUT2D eigenvalue weighted by atomic mass is 9.83. The summed E-state index contributed by atoms with van der Waals surface area (Å²) in [6, 6.07) is 3.61. The van der Waals surface area contributed by atoms with Gasteiger partial charge in [-0.3, -0.25) is 4.79 Å². The Morgan fingerprint density at radius 2 is 2.17 bits per heavy atom. The van der Waals surface area contributed by atoms with Crippen molar-refractivity contribution in [3.8, 4) is 0 Å². The minimum atomic E-state index is -0.910. The Kier molecular flexibility index (Phi) is 8.52. The van der Waals surface area contributed by atoms with Gasteiger partial charge in [0.15, 0.2) is 0 Å². The number of aliphatic hydroxyl groups is 1. The van der Waals surface area contributed by atoms with E-state index >= 15 is 0 Å². The summed E-state index contributed by atoms with van der Waals surface area (Å²) < 4.78 is 0. The van der Waals surface area contributed by atoms with Crippen molar-refractivity contribution in [2.24, 2.45) is 28.6 Å². The molecule has 0 amide bonds. The third kappa shape index (κ3) is 5.67. The maximum absolute atomic E-state index is 11.6. The second-order valence-electron chi connectivity index (χ2n) is 5.40. The zero-order valence-corrected chi connectivity index (χ0v) is 13.8. The van der Waals surface area contributed by atoms with Crippen molar-refractivity contribution in [3.63, 3.8) is 0 Å². The maximum Gasteiger partial charge on any atom is 0.307 e. The van der Waals surface area contributed by atoms with Crippen LogP contribution in [0.4, 0.5) is 5.82 Å². The molecule has 0 aromatic carbocycles. The highest BCUT2D eigenvalue weighted by Gasteiger charge is 2.31. The van der Waals surface area contributed by atoms with Gasteiger partial charge in [0.1, 0.15) is 11.7 Å². The third-order valence-electron chi connectivity index (χ3n) is 3.74. The van der Waals surface area contributed by atoms with Crippen molar-refractivity contribution in [1.29, 1.82) is 0 Å². The predicted octanol–water partition coefficient (Wildman–Crippen LogP) is -0.119. The lowest BCUT2D eigenvalue weighted by molar-refractivity contribution is -0.143. The summed E-state index contributed by atoms with van der Waals surface area (Å²) in [5.74, 6) is 9.65. The van der Waals surface area contributed by atoms with Crippen LogP contribution < -0.4 is 22.4 Å². The lowest BCUT2D eigenvalue weighted by Gasteiger charge is -2.24. The Morgan fingerprint density at radius 1 is 1.42 bits per heavy atom. The van der Waals surface area contributed by atoms with Crippen LogP contribution in [0.3, 0.4) is 0 Å². The Bertz CT molecular complexity index is 535. The summed E-state index contributed by atoms with van der Waals surface area (Å²) in [5, 5.41) is 24.9. The molecule has 1 heterocycles. The summed E-state index contributed by atoms with van der Waals surface area (Å²) >= 11 is 0. The number of aliphatic hydroxyl groups excluding tert-OH is 1. The van der Waals surface area contributed by atoms with E-state index < -0.39 is 17.8 Å². The van der Waals surface area contributed by atoms with Crippen LogP contribution in [0.25, 0.3) is 0 Å². The number of hydrazone groups is 1. The molecule has 0 aliphatic carbocycles. The van der Waals surface area contributed by atoms with Crippen LogP contribution in [0.15, 0.2) is 23.4 Å². The zero-order chi connectivity index (χ0) is 17.9. The van der Waals surface area contributed by atoms with Crippen molar-refractivity contribution < 1.29 is 15.0 Å². The van der Waals surface area contributed by atoms with Gasteiger partial charge in [-0.1, -0.05) is 19.4 Å². The van der Waals surface area contributed by atoms with Gasteiger partial charge in [0, 0.05) is 18.7 Å². The van der Waals surface area contributed by atoms with Crippen molar-refractivity contribution in [2.45, 2.75) is 26.2 Å². The van der Waals surface area contributed by atoms with Crippen molar-refractivity contribution in [2.75, 3.05) is 18.5 Å². The maximum atomic E-state index is 11.6. The number of hydrazine groups is 1. The van der Waals surface area contributed by atoms with Crippen LogP contribution in [-0.2, 0) is 11.2 Å². The van der Waals surface area contributed by atoms with E-state index in [1.165, 1.54) is 0 Å². The molecule has 0 saturated carbocycles. The van der Waals surface area contributed by atoms with Crippen LogP contribution >= 0.6 is 0 Å². The van der Waals surface area contributed by atoms with Gasteiger partial charge in [-0.2, -0.15) is 5.10 Å². The number of hydrogen-bond acceptors (Lipinski definition) is 7. The van der Waals surface area contributed by atoms with E-state index in [1.54, 1.807) is 12.3 Å². The Labute approximate surface area is 141 Å². The number of aromatic nitrogens is 1. The second kappa shape index (κ2) is 10.4. The van der Waals surface area contributed by atoms with Crippen LogP contribution in [0.2, 0.25) is 0 Å². The molecular formula is C15H26N6O3. The number of carboxylic acids is 1. The van der Waals surface area contributed by atoms with Gasteiger partial charge >= 0.3 is 5.97 Å². The smallest absolute Gasteiger partial charge is 0.307 e. The average Bonchev–Trinajstić information content (AvgIpc) is 2.59. The largest absolute Gasteiger partial charge is 0.481 e. The van der Waals surface area contributed by atoms with Crippen LogP contribution in [0.5, 0.6) is 0 Å². The number of pyridine rings is 1. The molecule has 0 fully saturated rings. The van der Waals surface area contributed by atoms with Crippen LogP contribution in [-0.4, -0.2) is 40.2 Å². The number of rotatable bonds is 10. The molecule has 8 N–H and O–H groups in total. The molecule has 0 radical (unpaired) electrons. The molecule has 0 saturated heterocycles. The first-order valence-corrected chi connectivity index (χ1v) is 7.84. The number of carbonyl (C=O) groups is 1. The van der Waals surface area contributed by atoms with Gasteiger partial charge in [0.05, 0.1) is 12.5 Å². The molecule has 1 rings (SSSR count). The SMILES string of the molecule is CCC[C@H](C(=O)O)C(Cc1ccc(NCCO)nc1)/C(=N/N)NN. The van der Waals surface area contributed by atoms with Gasteiger partial charge in [-0.25, -0.2) is 10.8 Å². The lowest BCUT2D eigenvalue weighted by Crippen LogP contribution is -2.43. The number of aliphatic carboxylic acids is 1. The summed E-state index contributed by atoms with van der Waals surface area (Å²) in [7, 11) is 0. The number of nitrogens with zero attached hydrogens (tertiary/aromatic N) is 2. The van der Waals surface area contributed by atoms with E-state index in [2.05, 4.69) is 20.8 Å². The number of carboxylic acid groups (broad SMARTS) is 1. The molecule has 9 nitrogen and oxygen atoms in total. The fourth-order valence-electron chi connectivity index (χ4n) is 2.57. The van der Waals surface area contributed by atoms with E-state index in [1.807, 2.05) is 13.0 Å². The van der Waals surface area contributed by atoms with E-state index in [0.29, 0.717) is 25.2 Å². The molecule has 0 bridgehead atoms. The van der Waals surface area contributed by atoms with Crippen LogP contribution in [0, 0.1) is 11.8 Å². The van der Waals surface area contributed by atoms with Crippen molar-refractivity contribution in [3.05, 3.63) is 23.9 Å². The molecule has 0 spiro atoms. The second-order valence-corrected chi connectivity index (χ2v) is 5.40. The molecule has 0 aliphatic rings. The van der Waals surface area contributed by atoms with Gasteiger partial charge in [-0.05, 0) is 24.5 Å². The molecule has 134 valence electrons. The Hall–Kier alpha value is -2.39. The molecule has 1 unspecified atom stereocenters. The molecular weight excluding hydrogens is 312 g/mol. The summed E-state index contributed by atoms with van der Waals surface area (Å²) in [4.78, 5) is 15.9. The standard InChI is InChI=1S/C15H26N6O3/c1-2-3-11(15(23)24)12(14(20-16)21-17)8-10-4-5-13(19-9-10)18-6-7-22/h4-5,9,11-12,22H,2-3,6-8,16-17H2,1H3,(H,18,19)(H,20,21)(H,23,24)/t11-,12?/m0/s1. The first kappa shape index (κ1) is 19.7. The van der Waals surface area contributed by atoms with E-state index in [4.69, 9.17) is 16.8 Å². The highest BCUT2D eigenvalue weighted by Crippen LogP contribution is 2.23. The van der Waals surface area contributed by atoms with Gasteiger partial charge in [-0.15, -0.1) is 0 Å². The third-order valence-corrected chi connectivity index (χ3v) is 3.74. The monoisotopic (exact) mass is 338 g/mol. The molecule has 1 aromatic rings. The van der Waals surface area contributed by atoms with Gasteiger partial charge in [0.25, 0.3) is 0 Å².